The molecule has 1 unspecified atom stereocenters. The van der Waals surface area contributed by atoms with E-state index in [2.05, 4.69) is 18.7 Å². The highest BCUT2D eigenvalue weighted by Gasteiger charge is 2.32. The summed E-state index contributed by atoms with van der Waals surface area (Å²) < 4.78 is 13.0. The lowest BCUT2D eigenvalue weighted by atomic mass is 9.74. The zero-order valence-corrected chi connectivity index (χ0v) is 10.1. The molecule has 1 atom stereocenters. The van der Waals surface area contributed by atoms with E-state index in [4.69, 9.17) is 0 Å². The van der Waals surface area contributed by atoms with Crippen LogP contribution < -0.4 is 0 Å². The van der Waals surface area contributed by atoms with Gasteiger partial charge in [-0.3, -0.25) is 0 Å². The summed E-state index contributed by atoms with van der Waals surface area (Å²) in [4.78, 5) is 2.54. The molecule has 2 rings (SSSR count). The van der Waals surface area contributed by atoms with Crippen LogP contribution in [0.3, 0.4) is 0 Å². The highest BCUT2D eigenvalue weighted by molar-refractivity contribution is 4.87. The molecule has 88 valence electrons. The highest BCUT2D eigenvalue weighted by atomic mass is 19.1. The van der Waals surface area contributed by atoms with Crippen LogP contribution in [0.4, 0.5) is 4.39 Å². The van der Waals surface area contributed by atoms with Gasteiger partial charge in [0.05, 0.1) is 0 Å². The summed E-state index contributed by atoms with van der Waals surface area (Å²) in [6, 6.07) is 0.737. The van der Waals surface area contributed by atoms with Gasteiger partial charge in [-0.25, -0.2) is 4.39 Å². The first-order valence-electron chi connectivity index (χ1n) is 6.45. The molecule has 1 heterocycles. The van der Waals surface area contributed by atoms with E-state index in [1.807, 2.05) is 0 Å². The van der Waals surface area contributed by atoms with E-state index >= 15 is 0 Å². The largest absolute Gasteiger partial charge is 0.300 e. The van der Waals surface area contributed by atoms with Crippen molar-refractivity contribution in [3.8, 4) is 0 Å². The van der Waals surface area contributed by atoms with E-state index in [1.165, 1.54) is 25.7 Å². The van der Waals surface area contributed by atoms with Crippen LogP contribution in [0.15, 0.2) is 0 Å². The topological polar surface area (TPSA) is 3.24 Å². The van der Waals surface area contributed by atoms with Gasteiger partial charge >= 0.3 is 0 Å². The normalized spacial score (nSPS) is 34.2. The number of hydrogen-bond acceptors (Lipinski definition) is 1. The van der Waals surface area contributed by atoms with Crippen LogP contribution in [-0.4, -0.2) is 30.2 Å². The third-order valence-corrected chi connectivity index (χ3v) is 4.15. The molecule has 0 aromatic carbocycles. The fraction of sp³-hybridized carbons (Fsp3) is 1.00. The first-order chi connectivity index (χ1) is 7.07. The molecule has 1 aliphatic carbocycles. The van der Waals surface area contributed by atoms with Gasteiger partial charge in [0, 0.05) is 19.1 Å². The third-order valence-electron chi connectivity index (χ3n) is 4.15. The Bertz CT molecular complexity index is 207. The maximum atomic E-state index is 13.0. The van der Waals surface area contributed by atoms with Crippen LogP contribution >= 0.6 is 0 Å². The van der Waals surface area contributed by atoms with Crippen LogP contribution in [0, 0.1) is 5.41 Å². The van der Waals surface area contributed by atoms with Crippen LogP contribution in [-0.2, 0) is 0 Å². The molecule has 1 saturated carbocycles. The minimum absolute atomic E-state index is 0.509. The van der Waals surface area contributed by atoms with Gasteiger partial charge in [-0.05, 0) is 37.5 Å². The summed E-state index contributed by atoms with van der Waals surface area (Å²) in [6.45, 7) is 6.73. The van der Waals surface area contributed by atoms with E-state index in [0.29, 0.717) is 5.41 Å². The quantitative estimate of drug-likeness (QED) is 0.645. The fourth-order valence-corrected chi connectivity index (χ4v) is 3.20. The Balaban J connectivity index is 1.88. The van der Waals surface area contributed by atoms with E-state index in [-0.39, 0.29) is 0 Å². The monoisotopic (exact) mass is 213 g/mol. The van der Waals surface area contributed by atoms with E-state index < -0.39 is 6.17 Å². The van der Waals surface area contributed by atoms with Crippen molar-refractivity contribution >= 4 is 0 Å². The Labute approximate surface area is 93.0 Å². The number of alkyl halides is 1. The van der Waals surface area contributed by atoms with Gasteiger partial charge in [0.2, 0.25) is 0 Å². The predicted octanol–water partition coefficient (Wildman–Crippen LogP) is 3.39. The standard InChI is InChI=1S/C13H24FN/c1-13(2)7-3-4-12(10-13)15-8-5-11(14)6-9-15/h11-12H,3-10H2,1-2H3. The van der Waals surface area contributed by atoms with Crippen molar-refractivity contribution in [2.24, 2.45) is 5.41 Å². The Kier molecular flexibility index (Phi) is 3.34. The minimum Gasteiger partial charge on any atom is -0.300 e. The lowest BCUT2D eigenvalue weighted by Gasteiger charge is -2.43. The molecule has 1 aliphatic heterocycles. The number of piperidine rings is 1. The van der Waals surface area contributed by atoms with Gasteiger partial charge in [-0.2, -0.15) is 0 Å². The van der Waals surface area contributed by atoms with Crippen molar-refractivity contribution in [2.75, 3.05) is 13.1 Å². The average Bonchev–Trinajstić information content (AvgIpc) is 2.17. The molecule has 0 amide bonds. The molecule has 0 aromatic rings. The molecule has 0 bridgehead atoms. The van der Waals surface area contributed by atoms with Crippen molar-refractivity contribution in [3.05, 3.63) is 0 Å². The van der Waals surface area contributed by atoms with Gasteiger partial charge in [-0.1, -0.05) is 20.3 Å². The van der Waals surface area contributed by atoms with Crippen molar-refractivity contribution in [1.82, 2.24) is 4.90 Å². The van der Waals surface area contributed by atoms with Crippen molar-refractivity contribution in [1.29, 1.82) is 0 Å². The molecule has 2 heteroatoms. The molecule has 15 heavy (non-hydrogen) atoms. The molecule has 0 radical (unpaired) electrons. The third kappa shape index (κ3) is 2.93. The minimum atomic E-state index is -0.530. The Morgan fingerprint density at radius 1 is 1.13 bits per heavy atom. The second kappa shape index (κ2) is 4.40. The number of likely N-dealkylation sites (tertiary alicyclic amines) is 1. The van der Waals surface area contributed by atoms with Crippen molar-refractivity contribution in [2.45, 2.75) is 64.6 Å². The van der Waals surface area contributed by atoms with Crippen LogP contribution in [0.5, 0.6) is 0 Å². The van der Waals surface area contributed by atoms with Gasteiger partial charge in [0.25, 0.3) is 0 Å². The van der Waals surface area contributed by atoms with Gasteiger partial charge in [0.1, 0.15) is 6.17 Å². The predicted molar refractivity (Wildman–Crippen MR) is 61.7 cm³/mol. The van der Waals surface area contributed by atoms with E-state index in [9.17, 15) is 4.39 Å². The SMILES string of the molecule is CC1(C)CCCC(N2CCC(F)CC2)C1. The molecule has 2 aliphatic rings. The second-order valence-electron chi connectivity index (χ2n) is 6.12. The summed E-state index contributed by atoms with van der Waals surface area (Å²) in [6.07, 6.45) is 6.35. The molecule has 0 spiro atoms. The molecule has 0 aromatic heterocycles. The van der Waals surface area contributed by atoms with Crippen molar-refractivity contribution in [3.63, 3.8) is 0 Å². The summed E-state index contributed by atoms with van der Waals surface area (Å²) in [5, 5.41) is 0. The molecular weight excluding hydrogens is 189 g/mol. The van der Waals surface area contributed by atoms with Crippen molar-refractivity contribution < 1.29 is 4.39 Å². The first kappa shape index (κ1) is 11.4. The fourth-order valence-electron chi connectivity index (χ4n) is 3.20. The zero-order valence-electron chi connectivity index (χ0n) is 10.1. The number of nitrogens with zero attached hydrogens (tertiary/aromatic N) is 1. The summed E-state index contributed by atoms with van der Waals surface area (Å²) >= 11 is 0. The summed E-state index contributed by atoms with van der Waals surface area (Å²) in [7, 11) is 0. The number of rotatable bonds is 1. The molecule has 1 saturated heterocycles. The molecular formula is C13H24FN. The zero-order chi connectivity index (χ0) is 10.9. The molecule has 1 nitrogen and oxygen atoms in total. The highest BCUT2D eigenvalue weighted by Crippen LogP contribution is 2.38. The maximum absolute atomic E-state index is 13.0. The lowest BCUT2D eigenvalue weighted by Crippen LogP contribution is -2.45. The van der Waals surface area contributed by atoms with Crippen LogP contribution in [0.2, 0.25) is 0 Å². The van der Waals surface area contributed by atoms with Gasteiger partial charge < -0.3 is 4.90 Å². The summed E-state index contributed by atoms with van der Waals surface area (Å²) in [5.41, 5.74) is 0.509. The lowest BCUT2D eigenvalue weighted by molar-refractivity contribution is 0.0572. The van der Waals surface area contributed by atoms with Crippen LogP contribution in [0.1, 0.15) is 52.4 Å². The average molecular weight is 213 g/mol. The van der Waals surface area contributed by atoms with Crippen LogP contribution in [0.25, 0.3) is 0 Å². The number of hydrogen-bond donors (Lipinski definition) is 0. The first-order valence-corrected chi connectivity index (χ1v) is 6.45. The smallest absolute Gasteiger partial charge is 0.103 e. The Hall–Kier alpha value is -0.110. The molecule has 2 fully saturated rings. The maximum Gasteiger partial charge on any atom is 0.103 e. The van der Waals surface area contributed by atoms with E-state index in [0.717, 1.165) is 32.0 Å². The molecule has 0 N–H and O–H groups in total. The number of halogens is 1. The van der Waals surface area contributed by atoms with Gasteiger partial charge in [0.15, 0.2) is 0 Å². The Morgan fingerprint density at radius 3 is 2.40 bits per heavy atom. The van der Waals surface area contributed by atoms with Gasteiger partial charge in [-0.15, -0.1) is 0 Å². The second-order valence-corrected chi connectivity index (χ2v) is 6.12. The van der Waals surface area contributed by atoms with E-state index in [1.54, 1.807) is 0 Å². The summed E-state index contributed by atoms with van der Waals surface area (Å²) in [5.74, 6) is 0. The Morgan fingerprint density at radius 2 is 1.80 bits per heavy atom.